The lowest BCUT2D eigenvalue weighted by Crippen LogP contribution is -2.16. The molecule has 0 atom stereocenters. The molecule has 0 unspecified atom stereocenters. The quantitative estimate of drug-likeness (QED) is 0.858. The Bertz CT molecular complexity index is 725. The van der Waals surface area contributed by atoms with Crippen LogP contribution in [0.4, 0.5) is 18.9 Å². The van der Waals surface area contributed by atoms with Gasteiger partial charge in [-0.2, -0.15) is 19.0 Å². The summed E-state index contributed by atoms with van der Waals surface area (Å²) in [7, 11) is 0. The summed E-state index contributed by atoms with van der Waals surface area (Å²) in [6, 6.07) is 8.13. The van der Waals surface area contributed by atoms with E-state index in [1.54, 1.807) is 0 Å². The molecule has 2 rings (SSSR count). The molecule has 1 aromatic carbocycles. The van der Waals surface area contributed by atoms with Crippen LogP contribution in [0.25, 0.3) is 0 Å². The van der Waals surface area contributed by atoms with Crippen LogP contribution in [-0.2, 0) is 0 Å². The fraction of sp³-hybridized carbons (Fsp3) is 0. The van der Waals surface area contributed by atoms with Crippen molar-refractivity contribution < 1.29 is 18.0 Å². The van der Waals surface area contributed by atoms with Crippen molar-refractivity contribution >= 4 is 11.6 Å². The molecule has 0 aliphatic heterocycles. The molecule has 1 N–H and O–H groups in total. The Kier molecular flexibility index (Phi) is 3.66. The van der Waals surface area contributed by atoms with E-state index >= 15 is 0 Å². The van der Waals surface area contributed by atoms with E-state index in [9.17, 15) is 18.0 Å². The number of anilines is 1. The molecule has 4 nitrogen and oxygen atoms in total. The molecule has 1 heterocycles. The number of carbonyl (C=O) groups is 1. The predicted octanol–water partition coefficient (Wildman–Crippen LogP) is 2.62. The van der Waals surface area contributed by atoms with Crippen molar-refractivity contribution in [3.8, 4) is 6.07 Å². The molecule has 7 heteroatoms. The van der Waals surface area contributed by atoms with Gasteiger partial charge in [-0.15, -0.1) is 0 Å². The normalized spacial score (nSPS) is 9.90. The molecule has 100 valence electrons. The maximum atomic E-state index is 13.4. The smallest absolute Gasteiger partial charge is 0.258 e. The van der Waals surface area contributed by atoms with E-state index in [-0.39, 0.29) is 11.3 Å². The second-order valence-electron chi connectivity index (χ2n) is 3.74. The molecular formula is C13H6F3N3O. The third-order valence-electron chi connectivity index (χ3n) is 2.38. The number of hydrogen-bond donors (Lipinski definition) is 1. The maximum absolute atomic E-state index is 13.4. The van der Waals surface area contributed by atoms with Crippen LogP contribution in [-0.4, -0.2) is 10.9 Å². The molecule has 1 aromatic heterocycles. The molecule has 20 heavy (non-hydrogen) atoms. The van der Waals surface area contributed by atoms with Crippen LogP contribution in [0.5, 0.6) is 0 Å². The van der Waals surface area contributed by atoms with Crippen LogP contribution in [0.2, 0.25) is 0 Å². The summed E-state index contributed by atoms with van der Waals surface area (Å²) in [4.78, 5) is 14.4. The van der Waals surface area contributed by atoms with Gasteiger partial charge in [-0.25, -0.2) is 4.39 Å². The van der Waals surface area contributed by atoms with Gasteiger partial charge in [0.05, 0.1) is 17.2 Å². The van der Waals surface area contributed by atoms with E-state index in [1.807, 2.05) is 6.07 Å². The summed E-state index contributed by atoms with van der Waals surface area (Å²) in [5, 5.41) is 10.9. The van der Waals surface area contributed by atoms with E-state index in [2.05, 4.69) is 10.3 Å². The lowest BCUT2D eigenvalue weighted by Gasteiger charge is -2.06. The van der Waals surface area contributed by atoms with E-state index in [0.29, 0.717) is 6.07 Å². The fourth-order valence-corrected chi connectivity index (χ4v) is 1.50. The molecule has 0 saturated carbocycles. The Morgan fingerprint density at radius 2 is 2.00 bits per heavy atom. The Labute approximate surface area is 111 Å². The number of amides is 1. The summed E-state index contributed by atoms with van der Waals surface area (Å²) in [5.74, 6) is -5.58. The van der Waals surface area contributed by atoms with Crippen LogP contribution >= 0.6 is 0 Å². The number of rotatable bonds is 2. The lowest BCUT2D eigenvalue weighted by molar-refractivity contribution is 0.102. The average molecular weight is 277 g/mol. The average Bonchev–Trinajstić information content (AvgIpc) is 2.43. The Balaban J connectivity index is 2.31. The SMILES string of the molecule is N#Cc1cccc(NC(=O)c2cc(F)nc(F)c2F)c1. The van der Waals surface area contributed by atoms with Gasteiger partial charge in [0.1, 0.15) is 0 Å². The number of carbonyl (C=O) groups excluding carboxylic acids is 1. The number of nitriles is 1. The van der Waals surface area contributed by atoms with Crippen molar-refractivity contribution in [3.63, 3.8) is 0 Å². The molecule has 2 aromatic rings. The van der Waals surface area contributed by atoms with E-state index in [4.69, 9.17) is 5.26 Å². The Morgan fingerprint density at radius 1 is 1.25 bits per heavy atom. The highest BCUT2D eigenvalue weighted by Crippen LogP contribution is 2.15. The number of halogens is 3. The summed E-state index contributed by atoms with van der Waals surface area (Å²) in [6.07, 6.45) is 0. The van der Waals surface area contributed by atoms with Gasteiger partial charge >= 0.3 is 0 Å². The standard InChI is InChI=1S/C13H6F3N3O/c14-10-5-9(11(15)12(16)19-10)13(20)18-8-3-1-2-7(4-8)6-17/h1-5H,(H,18,20). The minimum absolute atomic E-state index is 0.200. The highest BCUT2D eigenvalue weighted by Gasteiger charge is 2.19. The number of hydrogen-bond acceptors (Lipinski definition) is 3. The zero-order valence-corrected chi connectivity index (χ0v) is 9.82. The summed E-state index contributed by atoms with van der Waals surface area (Å²) in [6.45, 7) is 0. The molecule has 1 amide bonds. The van der Waals surface area contributed by atoms with Crippen molar-refractivity contribution in [3.05, 3.63) is 59.2 Å². The van der Waals surface area contributed by atoms with Crippen molar-refractivity contribution in [2.75, 3.05) is 5.32 Å². The third-order valence-corrected chi connectivity index (χ3v) is 2.38. The first-order chi connectivity index (χ1) is 9.51. The largest absolute Gasteiger partial charge is 0.322 e. The van der Waals surface area contributed by atoms with Crippen LogP contribution in [0.15, 0.2) is 30.3 Å². The summed E-state index contributed by atoms with van der Waals surface area (Å²) < 4.78 is 39.2. The molecule has 0 saturated heterocycles. The zero-order chi connectivity index (χ0) is 14.7. The zero-order valence-electron chi connectivity index (χ0n) is 9.82. The van der Waals surface area contributed by atoms with Crippen molar-refractivity contribution in [2.45, 2.75) is 0 Å². The van der Waals surface area contributed by atoms with Crippen LogP contribution < -0.4 is 5.32 Å². The maximum Gasteiger partial charge on any atom is 0.258 e. The van der Waals surface area contributed by atoms with Gasteiger partial charge < -0.3 is 5.32 Å². The second kappa shape index (κ2) is 5.40. The van der Waals surface area contributed by atoms with Gasteiger partial charge in [0.25, 0.3) is 11.9 Å². The van der Waals surface area contributed by atoms with Crippen LogP contribution in [0.1, 0.15) is 15.9 Å². The lowest BCUT2D eigenvalue weighted by atomic mass is 10.2. The van der Waals surface area contributed by atoms with Gasteiger partial charge in [-0.05, 0) is 18.2 Å². The van der Waals surface area contributed by atoms with Crippen molar-refractivity contribution in [1.29, 1.82) is 5.26 Å². The topological polar surface area (TPSA) is 65.8 Å². The highest BCUT2D eigenvalue weighted by molar-refractivity contribution is 6.04. The van der Waals surface area contributed by atoms with Gasteiger partial charge in [-0.1, -0.05) is 6.07 Å². The molecule has 0 radical (unpaired) electrons. The van der Waals surface area contributed by atoms with E-state index in [1.165, 1.54) is 24.3 Å². The van der Waals surface area contributed by atoms with Crippen molar-refractivity contribution in [2.24, 2.45) is 0 Å². The second-order valence-corrected chi connectivity index (χ2v) is 3.74. The summed E-state index contributed by atoms with van der Waals surface area (Å²) >= 11 is 0. The molecule has 0 fully saturated rings. The fourth-order valence-electron chi connectivity index (χ4n) is 1.50. The third kappa shape index (κ3) is 2.75. The molecular weight excluding hydrogens is 271 g/mol. The van der Waals surface area contributed by atoms with Gasteiger partial charge in [0, 0.05) is 11.8 Å². The number of aromatic nitrogens is 1. The first kappa shape index (κ1) is 13.5. The van der Waals surface area contributed by atoms with Crippen LogP contribution in [0.3, 0.4) is 0 Å². The number of pyridine rings is 1. The predicted molar refractivity (Wildman–Crippen MR) is 63.2 cm³/mol. The van der Waals surface area contributed by atoms with Crippen molar-refractivity contribution in [1.82, 2.24) is 4.98 Å². The Morgan fingerprint density at radius 3 is 2.70 bits per heavy atom. The Hall–Kier alpha value is -2.88. The first-order valence-electron chi connectivity index (χ1n) is 5.34. The number of benzene rings is 1. The number of nitrogens with zero attached hydrogens (tertiary/aromatic N) is 2. The van der Waals surface area contributed by atoms with E-state index in [0.717, 1.165) is 0 Å². The van der Waals surface area contributed by atoms with Gasteiger partial charge in [0.15, 0.2) is 5.82 Å². The molecule has 0 aliphatic rings. The molecule has 0 spiro atoms. The van der Waals surface area contributed by atoms with Gasteiger partial charge in [-0.3, -0.25) is 4.79 Å². The van der Waals surface area contributed by atoms with E-state index < -0.39 is 29.2 Å². The summed E-state index contributed by atoms with van der Waals surface area (Å²) in [5.41, 5.74) is -0.334. The van der Waals surface area contributed by atoms with Gasteiger partial charge in [0.2, 0.25) is 5.95 Å². The van der Waals surface area contributed by atoms with Crippen LogP contribution in [0, 0.1) is 29.0 Å². The first-order valence-corrected chi connectivity index (χ1v) is 5.34. The number of nitrogens with one attached hydrogen (secondary N) is 1. The molecule has 0 aliphatic carbocycles. The minimum Gasteiger partial charge on any atom is -0.322 e. The monoisotopic (exact) mass is 277 g/mol. The minimum atomic E-state index is -1.69. The molecule has 0 bridgehead atoms. The highest BCUT2D eigenvalue weighted by atomic mass is 19.2.